The van der Waals surface area contributed by atoms with Crippen LogP contribution < -0.4 is 0 Å². The average Bonchev–Trinajstić information content (AvgIpc) is 3.37. The van der Waals surface area contributed by atoms with Crippen LogP contribution >= 0.6 is 11.6 Å². The molecule has 6 nitrogen and oxygen atoms in total. The van der Waals surface area contributed by atoms with Crippen molar-refractivity contribution in [3.63, 3.8) is 0 Å². The molecule has 1 N–H and O–H groups in total. The summed E-state index contributed by atoms with van der Waals surface area (Å²) in [6, 6.07) is 12.2. The number of pyridine rings is 2. The van der Waals surface area contributed by atoms with Crippen molar-refractivity contribution in [3.05, 3.63) is 76.5 Å². The van der Waals surface area contributed by atoms with Crippen molar-refractivity contribution in [3.8, 4) is 17.5 Å². The van der Waals surface area contributed by atoms with Gasteiger partial charge in [0.05, 0.1) is 35.5 Å². The number of benzene rings is 1. The van der Waals surface area contributed by atoms with Gasteiger partial charge >= 0.3 is 0 Å². The molecule has 0 atom stereocenters. The summed E-state index contributed by atoms with van der Waals surface area (Å²) in [5.74, 6) is 0. The molecule has 7 heteroatoms. The van der Waals surface area contributed by atoms with Gasteiger partial charge in [0.25, 0.3) is 0 Å². The molecule has 166 valence electrons. The van der Waals surface area contributed by atoms with E-state index in [-0.39, 0.29) is 0 Å². The molecule has 0 spiro atoms. The molecule has 0 aliphatic heterocycles. The number of fused-ring (bicyclic) bond motifs is 1. The molecule has 0 aliphatic carbocycles. The predicted octanol–water partition coefficient (Wildman–Crippen LogP) is 5.88. The Morgan fingerprint density at radius 2 is 2.09 bits per heavy atom. The maximum Gasteiger partial charge on any atom is 0.0924 e. The zero-order valence-electron chi connectivity index (χ0n) is 18.4. The van der Waals surface area contributed by atoms with Gasteiger partial charge in [0.15, 0.2) is 0 Å². The maximum atomic E-state index is 8.99. The Bertz CT molecular complexity index is 1310. The molecule has 0 radical (unpaired) electrons. The number of aryl methyl sites for hydroxylation is 2. The van der Waals surface area contributed by atoms with Crippen LogP contribution in [0.3, 0.4) is 0 Å². The van der Waals surface area contributed by atoms with Crippen molar-refractivity contribution < 1.29 is 4.74 Å². The number of hydrogen-bond donors (Lipinski definition) is 1. The first-order valence-corrected chi connectivity index (χ1v) is 11.2. The molecule has 3 heterocycles. The Morgan fingerprint density at radius 3 is 2.88 bits per heavy atom. The Kier molecular flexibility index (Phi) is 7.46. The maximum absolute atomic E-state index is 8.99. The van der Waals surface area contributed by atoms with Gasteiger partial charge in [-0.1, -0.05) is 23.8 Å². The molecule has 33 heavy (non-hydrogen) atoms. The number of rotatable bonds is 9. The lowest BCUT2D eigenvalue weighted by atomic mass is 10.0. The summed E-state index contributed by atoms with van der Waals surface area (Å²) in [5.41, 5.74) is 6.48. The fourth-order valence-corrected chi connectivity index (χ4v) is 3.95. The summed E-state index contributed by atoms with van der Waals surface area (Å²) in [4.78, 5) is 16.5. The van der Waals surface area contributed by atoms with Crippen LogP contribution in [0.2, 0.25) is 5.02 Å². The van der Waals surface area contributed by atoms with Crippen molar-refractivity contribution >= 4 is 34.7 Å². The SMILES string of the molecule is COCCCc1cc(/C=C/c2cc(-c3cnc[nH]3)nc3cc(Cl)c(CCC#N)cc23)ccn1. The number of nitriles is 1. The number of aromatic nitrogens is 4. The van der Waals surface area contributed by atoms with E-state index < -0.39 is 0 Å². The zero-order valence-corrected chi connectivity index (χ0v) is 19.1. The lowest BCUT2D eigenvalue weighted by Crippen LogP contribution is -1.95. The smallest absolute Gasteiger partial charge is 0.0924 e. The fourth-order valence-electron chi connectivity index (χ4n) is 3.69. The number of halogens is 1. The first-order valence-electron chi connectivity index (χ1n) is 10.8. The molecule has 0 bridgehead atoms. The number of hydrogen-bond acceptors (Lipinski definition) is 5. The minimum atomic E-state index is 0.416. The van der Waals surface area contributed by atoms with Crippen molar-refractivity contribution in [1.29, 1.82) is 5.26 Å². The molecule has 0 unspecified atom stereocenters. The molecule has 1 aromatic carbocycles. The van der Waals surface area contributed by atoms with E-state index in [0.717, 1.165) is 64.1 Å². The van der Waals surface area contributed by atoms with E-state index in [9.17, 15) is 0 Å². The lowest BCUT2D eigenvalue weighted by molar-refractivity contribution is 0.195. The Balaban J connectivity index is 1.74. The van der Waals surface area contributed by atoms with Gasteiger partial charge in [0, 0.05) is 42.4 Å². The third-order valence-corrected chi connectivity index (χ3v) is 5.72. The van der Waals surface area contributed by atoms with Crippen LogP contribution in [0.1, 0.15) is 35.2 Å². The topological polar surface area (TPSA) is 87.5 Å². The molecule has 0 aliphatic rings. The summed E-state index contributed by atoms with van der Waals surface area (Å²) < 4.78 is 5.14. The van der Waals surface area contributed by atoms with Crippen LogP contribution in [-0.2, 0) is 17.6 Å². The van der Waals surface area contributed by atoms with Crippen LogP contribution in [0.4, 0.5) is 0 Å². The third-order valence-electron chi connectivity index (χ3n) is 5.37. The van der Waals surface area contributed by atoms with Crippen LogP contribution in [-0.4, -0.2) is 33.7 Å². The molecule has 3 aromatic heterocycles. The van der Waals surface area contributed by atoms with Gasteiger partial charge < -0.3 is 9.72 Å². The number of nitrogens with zero attached hydrogens (tertiary/aromatic N) is 4. The number of nitrogens with one attached hydrogen (secondary N) is 1. The van der Waals surface area contributed by atoms with Gasteiger partial charge in [0.2, 0.25) is 0 Å². The van der Waals surface area contributed by atoms with E-state index in [2.05, 4.69) is 39.2 Å². The van der Waals surface area contributed by atoms with Crippen molar-refractivity contribution in [2.45, 2.75) is 25.7 Å². The van der Waals surface area contributed by atoms with Crippen molar-refractivity contribution in [2.75, 3.05) is 13.7 Å². The van der Waals surface area contributed by atoms with Crippen LogP contribution in [0.5, 0.6) is 0 Å². The van der Waals surface area contributed by atoms with E-state index in [4.69, 9.17) is 26.6 Å². The first-order chi connectivity index (χ1) is 16.2. The van der Waals surface area contributed by atoms with E-state index in [0.29, 0.717) is 17.9 Å². The van der Waals surface area contributed by atoms with Crippen LogP contribution in [0.25, 0.3) is 34.4 Å². The van der Waals surface area contributed by atoms with Gasteiger partial charge in [0.1, 0.15) is 0 Å². The molecule has 4 aromatic rings. The number of H-pyrrole nitrogens is 1. The highest BCUT2D eigenvalue weighted by Crippen LogP contribution is 2.30. The zero-order chi connectivity index (χ0) is 23.0. The molecule has 0 amide bonds. The Morgan fingerprint density at radius 1 is 1.18 bits per heavy atom. The predicted molar refractivity (Wildman–Crippen MR) is 132 cm³/mol. The summed E-state index contributed by atoms with van der Waals surface area (Å²) in [6.45, 7) is 0.720. The van der Waals surface area contributed by atoms with E-state index >= 15 is 0 Å². The fraction of sp³-hybridized carbons (Fsp3) is 0.231. The Hall–Kier alpha value is -3.53. The average molecular weight is 458 g/mol. The first kappa shape index (κ1) is 22.7. The molecular weight excluding hydrogens is 434 g/mol. The number of aromatic amines is 1. The van der Waals surface area contributed by atoms with Crippen molar-refractivity contribution in [1.82, 2.24) is 19.9 Å². The summed E-state index contributed by atoms with van der Waals surface area (Å²) >= 11 is 6.51. The quantitative estimate of drug-likeness (QED) is 0.317. The second-order valence-electron chi connectivity index (χ2n) is 7.69. The van der Waals surface area contributed by atoms with Gasteiger partial charge in [-0.2, -0.15) is 5.26 Å². The minimum Gasteiger partial charge on any atom is -0.385 e. The summed E-state index contributed by atoms with van der Waals surface area (Å²) in [7, 11) is 1.71. The number of ether oxygens (including phenoxy) is 1. The monoisotopic (exact) mass is 457 g/mol. The number of methoxy groups -OCH3 is 1. The third kappa shape index (κ3) is 5.64. The normalized spacial score (nSPS) is 11.3. The second-order valence-corrected chi connectivity index (χ2v) is 8.10. The van der Waals surface area contributed by atoms with Gasteiger partial charge in [-0.3, -0.25) is 4.98 Å². The van der Waals surface area contributed by atoms with Gasteiger partial charge in [-0.15, -0.1) is 0 Å². The highest BCUT2D eigenvalue weighted by molar-refractivity contribution is 6.32. The summed E-state index contributed by atoms with van der Waals surface area (Å²) in [5, 5.41) is 10.6. The summed E-state index contributed by atoms with van der Waals surface area (Å²) in [6.07, 6.45) is 12.2. The van der Waals surface area contributed by atoms with Gasteiger partial charge in [-0.05, 0) is 66.3 Å². The molecule has 0 saturated heterocycles. The number of imidazole rings is 1. The molecule has 0 fully saturated rings. The largest absolute Gasteiger partial charge is 0.385 e. The van der Waals surface area contributed by atoms with E-state index in [1.807, 2.05) is 30.5 Å². The second kappa shape index (κ2) is 10.9. The molecular formula is C26H24ClN5O. The minimum absolute atomic E-state index is 0.416. The Labute approximate surface area is 197 Å². The standard InChI is InChI=1S/C26H24ClN5O/c1-33-11-3-5-21-12-18(8-10-30-21)6-7-19-14-25(26-16-29-17-31-26)32-24-15-23(27)20(4-2-9-28)13-22(19)24/h6-8,10,12-17H,2-5,11H2,1H3,(H,29,31)/b7-6+. The molecule has 0 saturated carbocycles. The van der Waals surface area contributed by atoms with Crippen LogP contribution in [0.15, 0.2) is 49.1 Å². The van der Waals surface area contributed by atoms with Crippen molar-refractivity contribution in [2.24, 2.45) is 0 Å². The van der Waals surface area contributed by atoms with Crippen LogP contribution in [0, 0.1) is 11.3 Å². The molecule has 4 rings (SSSR count). The highest BCUT2D eigenvalue weighted by Gasteiger charge is 2.11. The highest BCUT2D eigenvalue weighted by atomic mass is 35.5. The van der Waals surface area contributed by atoms with Gasteiger partial charge in [-0.25, -0.2) is 9.97 Å². The van der Waals surface area contributed by atoms with E-state index in [1.54, 1.807) is 19.6 Å². The van der Waals surface area contributed by atoms with E-state index in [1.165, 1.54) is 0 Å². The lowest BCUT2D eigenvalue weighted by Gasteiger charge is -2.10.